The maximum atomic E-state index is 12.2. The van der Waals surface area contributed by atoms with Crippen molar-refractivity contribution in [3.8, 4) is 23.0 Å². The second-order valence-electron chi connectivity index (χ2n) is 6.58. The van der Waals surface area contributed by atoms with Gasteiger partial charge < -0.3 is 22.1 Å². The van der Waals surface area contributed by atoms with Gasteiger partial charge in [0.25, 0.3) is 0 Å². The molecule has 31 heavy (non-hydrogen) atoms. The highest BCUT2D eigenvalue weighted by atomic mass is 35.5. The largest absolute Gasteiger partial charge is 0.383 e. The number of nitrogen functional groups attached to an aromatic ring is 1. The highest BCUT2D eigenvalue weighted by Crippen LogP contribution is 2.38. The summed E-state index contributed by atoms with van der Waals surface area (Å²) < 4.78 is 0.978. The number of anilines is 3. The Labute approximate surface area is 188 Å². The maximum Gasteiger partial charge on any atom is 0.323 e. The van der Waals surface area contributed by atoms with Crippen molar-refractivity contribution in [2.24, 2.45) is 5.73 Å². The van der Waals surface area contributed by atoms with E-state index in [1.165, 1.54) is 0 Å². The average molecular weight is 448 g/mol. The van der Waals surface area contributed by atoms with Crippen LogP contribution in [0.1, 0.15) is 5.56 Å². The molecule has 2 heterocycles. The molecule has 0 radical (unpaired) electrons. The molecule has 2 aromatic carbocycles. The van der Waals surface area contributed by atoms with Gasteiger partial charge in [-0.25, -0.2) is 9.78 Å². The van der Waals surface area contributed by atoms with Crippen molar-refractivity contribution in [2.45, 2.75) is 0 Å². The number of carbonyl (C=O) groups excluding carboxylic acids is 1. The number of rotatable bonds is 3. The van der Waals surface area contributed by atoms with Gasteiger partial charge in [0.05, 0.1) is 16.8 Å². The summed E-state index contributed by atoms with van der Waals surface area (Å²) in [6, 6.07) is 14.1. The molecule has 154 valence electrons. The second kappa shape index (κ2) is 9.06. The molecule has 0 saturated carbocycles. The zero-order chi connectivity index (χ0) is 21.8. The second-order valence-corrected chi connectivity index (χ2v) is 7.90. The van der Waals surface area contributed by atoms with Crippen molar-refractivity contribution >= 4 is 56.2 Å². The van der Waals surface area contributed by atoms with E-state index < -0.39 is 0 Å². The fourth-order valence-corrected chi connectivity index (χ4v) is 4.35. The number of amides is 2. The van der Waals surface area contributed by atoms with Gasteiger partial charge in [-0.15, -0.1) is 11.3 Å². The molecule has 8 heteroatoms. The third-order valence-electron chi connectivity index (χ3n) is 4.49. The number of nitrogens with one attached hydrogen (secondary N) is 2. The number of nitrogens with two attached hydrogens (primary N) is 2. The highest BCUT2D eigenvalue weighted by molar-refractivity contribution is 7.18. The fraction of sp³-hybridized carbons (Fsp3) is 0.0435. The maximum absolute atomic E-state index is 12.2. The van der Waals surface area contributed by atoms with Gasteiger partial charge in [0.15, 0.2) is 0 Å². The predicted molar refractivity (Wildman–Crippen MR) is 129 cm³/mol. The summed E-state index contributed by atoms with van der Waals surface area (Å²) >= 11 is 7.51. The normalized spacial score (nSPS) is 10.4. The molecule has 6 N–H and O–H groups in total. The first kappa shape index (κ1) is 20.7. The van der Waals surface area contributed by atoms with Crippen LogP contribution < -0.4 is 22.1 Å². The number of carbonyl (C=O) groups is 1. The first-order valence-corrected chi connectivity index (χ1v) is 10.6. The summed E-state index contributed by atoms with van der Waals surface area (Å²) in [5.74, 6) is 6.36. The molecule has 2 aromatic heterocycles. The van der Waals surface area contributed by atoms with Gasteiger partial charge >= 0.3 is 6.03 Å². The molecular formula is C23H18ClN5OS. The molecule has 0 spiro atoms. The lowest BCUT2D eigenvalue weighted by molar-refractivity contribution is 0.262. The van der Waals surface area contributed by atoms with E-state index >= 15 is 0 Å². The fourth-order valence-electron chi connectivity index (χ4n) is 3.11. The van der Waals surface area contributed by atoms with Crippen molar-refractivity contribution in [3.63, 3.8) is 0 Å². The highest BCUT2D eigenvalue weighted by Gasteiger charge is 2.13. The van der Waals surface area contributed by atoms with Crippen LogP contribution in [-0.2, 0) is 0 Å². The minimum Gasteiger partial charge on any atom is -0.383 e. The van der Waals surface area contributed by atoms with Crippen LogP contribution >= 0.6 is 22.9 Å². The zero-order valence-corrected chi connectivity index (χ0v) is 17.8. The Balaban J connectivity index is 1.56. The third-order valence-corrected chi connectivity index (χ3v) is 5.73. The molecule has 0 atom stereocenters. The van der Waals surface area contributed by atoms with E-state index in [-0.39, 0.29) is 12.6 Å². The van der Waals surface area contributed by atoms with Crippen LogP contribution in [0.15, 0.2) is 60.1 Å². The first-order chi connectivity index (χ1) is 15.0. The summed E-state index contributed by atoms with van der Waals surface area (Å²) in [6.45, 7) is 0.281. The molecular weight excluding hydrogens is 430 g/mol. The molecule has 0 unspecified atom stereocenters. The van der Waals surface area contributed by atoms with Gasteiger partial charge in [-0.1, -0.05) is 41.6 Å². The topological polar surface area (TPSA) is 106 Å². The van der Waals surface area contributed by atoms with E-state index in [2.05, 4.69) is 27.5 Å². The van der Waals surface area contributed by atoms with Crippen LogP contribution in [0.2, 0.25) is 5.02 Å². The molecule has 0 aliphatic heterocycles. The van der Waals surface area contributed by atoms with Gasteiger partial charge in [0.1, 0.15) is 5.82 Å². The van der Waals surface area contributed by atoms with E-state index in [4.69, 9.17) is 23.1 Å². The Bertz CT molecular complexity index is 1320. The van der Waals surface area contributed by atoms with Crippen LogP contribution in [0.5, 0.6) is 0 Å². The summed E-state index contributed by atoms with van der Waals surface area (Å²) in [5.41, 5.74) is 15.7. The Morgan fingerprint density at radius 3 is 2.65 bits per heavy atom. The van der Waals surface area contributed by atoms with Crippen LogP contribution in [0.25, 0.3) is 21.2 Å². The monoisotopic (exact) mass is 447 g/mol. The molecule has 0 saturated heterocycles. The molecule has 4 aromatic rings. The van der Waals surface area contributed by atoms with E-state index in [9.17, 15) is 4.79 Å². The number of nitrogens with zero attached hydrogens (tertiary/aromatic N) is 1. The van der Waals surface area contributed by atoms with Crippen molar-refractivity contribution in [1.82, 2.24) is 4.98 Å². The van der Waals surface area contributed by atoms with Crippen molar-refractivity contribution < 1.29 is 4.79 Å². The van der Waals surface area contributed by atoms with Gasteiger partial charge in [-0.2, -0.15) is 0 Å². The van der Waals surface area contributed by atoms with Gasteiger partial charge in [-0.05, 0) is 41.3 Å². The number of hydrogen-bond acceptors (Lipinski definition) is 5. The average Bonchev–Trinajstić information content (AvgIpc) is 3.20. The molecule has 0 aliphatic carbocycles. The van der Waals surface area contributed by atoms with Crippen LogP contribution in [0.4, 0.5) is 22.0 Å². The Morgan fingerprint density at radius 2 is 1.90 bits per heavy atom. The number of benzene rings is 2. The Kier molecular flexibility index (Phi) is 6.05. The number of aromatic nitrogens is 1. The predicted octanol–water partition coefficient (Wildman–Crippen LogP) is 5.15. The van der Waals surface area contributed by atoms with E-state index in [0.29, 0.717) is 22.2 Å². The molecule has 0 bridgehead atoms. The minimum absolute atomic E-state index is 0.281. The summed E-state index contributed by atoms with van der Waals surface area (Å²) in [4.78, 5) is 16.5. The van der Waals surface area contributed by atoms with Crippen molar-refractivity contribution in [1.29, 1.82) is 0 Å². The summed E-state index contributed by atoms with van der Waals surface area (Å²) in [7, 11) is 0. The summed E-state index contributed by atoms with van der Waals surface area (Å²) in [6.07, 6.45) is 1.67. The van der Waals surface area contributed by atoms with Crippen molar-refractivity contribution in [3.05, 3.63) is 70.7 Å². The quantitative estimate of drug-likeness (QED) is 0.326. The first-order valence-electron chi connectivity index (χ1n) is 9.34. The molecule has 2 amide bonds. The smallest absolute Gasteiger partial charge is 0.323 e. The lowest BCUT2D eigenvalue weighted by Gasteiger charge is -2.09. The minimum atomic E-state index is -0.354. The van der Waals surface area contributed by atoms with Crippen LogP contribution in [-0.4, -0.2) is 17.6 Å². The Morgan fingerprint density at radius 1 is 1.13 bits per heavy atom. The molecule has 4 rings (SSSR count). The lowest BCUT2D eigenvalue weighted by Crippen LogP contribution is -2.19. The number of urea groups is 1. The standard InChI is InChI=1S/C23H18ClN5OS/c24-16-4-1-5-18(11-16)29-23(30)28-17-8-6-14(7-9-17)19-13-31-21-15(3-2-10-25)12-27-22(26)20(19)21/h1,4-9,11-13H,10,25H2,(H2,26,27)(H2,28,29,30). The zero-order valence-electron chi connectivity index (χ0n) is 16.3. The molecule has 0 fully saturated rings. The summed E-state index contributed by atoms with van der Waals surface area (Å²) in [5, 5.41) is 9.01. The van der Waals surface area contributed by atoms with Crippen LogP contribution in [0.3, 0.4) is 0 Å². The van der Waals surface area contributed by atoms with Gasteiger partial charge in [0.2, 0.25) is 0 Å². The van der Waals surface area contributed by atoms with E-state index in [0.717, 1.165) is 26.8 Å². The number of halogens is 1. The lowest BCUT2D eigenvalue weighted by atomic mass is 10.0. The van der Waals surface area contributed by atoms with E-state index in [1.807, 2.05) is 29.6 Å². The number of fused-ring (bicyclic) bond motifs is 1. The van der Waals surface area contributed by atoms with Gasteiger partial charge in [0, 0.05) is 33.5 Å². The molecule has 6 nitrogen and oxygen atoms in total. The molecule has 0 aliphatic rings. The SMILES string of the molecule is NCC#Cc1cnc(N)c2c(-c3ccc(NC(=O)Nc4cccc(Cl)c4)cc3)csc12. The van der Waals surface area contributed by atoms with E-state index in [1.54, 1.807) is 41.8 Å². The number of pyridine rings is 1. The Hall–Kier alpha value is -3.57. The van der Waals surface area contributed by atoms with Crippen molar-refractivity contribution in [2.75, 3.05) is 22.9 Å². The van der Waals surface area contributed by atoms with Gasteiger partial charge in [-0.3, -0.25) is 0 Å². The number of thiophene rings is 1. The number of hydrogen-bond donors (Lipinski definition) is 4. The van der Waals surface area contributed by atoms with Crippen LogP contribution in [0, 0.1) is 11.8 Å². The third kappa shape index (κ3) is 4.62.